The van der Waals surface area contributed by atoms with Gasteiger partial charge in [-0.25, -0.2) is 22.8 Å². The van der Waals surface area contributed by atoms with Crippen molar-refractivity contribution in [2.75, 3.05) is 24.7 Å². The van der Waals surface area contributed by atoms with Gasteiger partial charge in [-0.1, -0.05) is 0 Å². The molecular weight excluding hydrogens is 473 g/mol. The first-order valence-corrected chi connectivity index (χ1v) is 12.6. The maximum atomic E-state index is 14.0. The van der Waals surface area contributed by atoms with Crippen molar-refractivity contribution in [2.24, 2.45) is 5.73 Å². The Kier molecular flexibility index (Phi) is 6.22. The number of primary amides is 1. The molecule has 176 valence electrons. The summed E-state index contributed by atoms with van der Waals surface area (Å²) in [6, 6.07) is 3.30. The van der Waals surface area contributed by atoms with Gasteiger partial charge in [0.05, 0.1) is 41.4 Å². The van der Waals surface area contributed by atoms with Crippen molar-refractivity contribution in [1.29, 1.82) is 0 Å². The number of sulfonamides is 1. The van der Waals surface area contributed by atoms with Crippen LogP contribution in [-0.2, 0) is 10.0 Å². The summed E-state index contributed by atoms with van der Waals surface area (Å²) in [4.78, 5) is 21.1. The van der Waals surface area contributed by atoms with Crippen LogP contribution in [0.3, 0.4) is 0 Å². The van der Waals surface area contributed by atoms with Gasteiger partial charge in [0.1, 0.15) is 34.6 Å². The van der Waals surface area contributed by atoms with E-state index in [4.69, 9.17) is 10.5 Å². The van der Waals surface area contributed by atoms with Crippen LogP contribution in [0.5, 0.6) is 5.75 Å². The minimum Gasteiger partial charge on any atom is -0.487 e. The number of thiophene rings is 1. The van der Waals surface area contributed by atoms with Crippen molar-refractivity contribution >= 4 is 49.0 Å². The number of amides is 1. The molecule has 4 rings (SSSR count). The molecular formula is C20H22FN5O5S2. The van der Waals surface area contributed by atoms with Gasteiger partial charge in [0.2, 0.25) is 10.0 Å². The molecule has 1 aromatic carbocycles. The number of aromatic nitrogens is 2. The van der Waals surface area contributed by atoms with Crippen LogP contribution in [0.25, 0.3) is 10.2 Å². The monoisotopic (exact) mass is 495 g/mol. The molecule has 1 aliphatic heterocycles. The Morgan fingerprint density at radius 2 is 2.18 bits per heavy atom. The van der Waals surface area contributed by atoms with Gasteiger partial charge < -0.3 is 20.9 Å². The summed E-state index contributed by atoms with van der Waals surface area (Å²) in [6.45, 7) is 1.42. The molecule has 13 heteroatoms. The molecule has 0 saturated carbocycles. The molecule has 1 fully saturated rings. The van der Waals surface area contributed by atoms with E-state index in [-0.39, 0.29) is 25.3 Å². The minimum atomic E-state index is -3.54. The quantitative estimate of drug-likeness (QED) is 0.449. The molecule has 10 nitrogen and oxygen atoms in total. The zero-order valence-electron chi connectivity index (χ0n) is 17.8. The van der Waals surface area contributed by atoms with Crippen molar-refractivity contribution in [1.82, 2.24) is 14.3 Å². The van der Waals surface area contributed by atoms with Crippen molar-refractivity contribution < 1.29 is 27.4 Å². The Bertz CT molecular complexity index is 1330. The summed E-state index contributed by atoms with van der Waals surface area (Å²) < 4.78 is 45.2. The number of benzene rings is 1. The van der Waals surface area contributed by atoms with Gasteiger partial charge in [0.15, 0.2) is 0 Å². The number of aryl methyl sites for hydroxylation is 1. The smallest absolute Gasteiger partial charge is 0.259 e. The molecule has 2 unspecified atom stereocenters. The molecule has 1 amide bonds. The Balaban J connectivity index is 1.66. The van der Waals surface area contributed by atoms with Crippen LogP contribution < -0.4 is 15.8 Å². The van der Waals surface area contributed by atoms with Crippen LogP contribution in [0.1, 0.15) is 21.7 Å². The highest BCUT2D eigenvalue weighted by molar-refractivity contribution is 7.88. The van der Waals surface area contributed by atoms with Crippen molar-refractivity contribution in [2.45, 2.75) is 25.5 Å². The van der Waals surface area contributed by atoms with Crippen molar-refractivity contribution in [3.8, 4) is 5.75 Å². The van der Waals surface area contributed by atoms with E-state index in [0.717, 1.165) is 17.6 Å². The summed E-state index contributed by atoms with van der Waals surface area (Å²) >= 11 is 1.15. The third kappa shape index (κ3) is 4.62. The first-order chi connectivity index (χ1) is 15.6. The Labute approximate surface area is 193 Å². The molecule has 3 aromatic rings. The maximum Gasteiger partial charge on any atom is 0.259 e. The van der Waals surface area contributed by atoms with E-state index in [1.165, 1.54) is 28.8 Å². The molecule has 1 aliphatic rings. The average molecular weight is 496 g/mol. The number of hydrogen-bond donors (Lipinski definition) is 3. The molecule has 2 atom stereocenters. The summed E-state index contributed by atoms with van der Waals surface area (Å²) in [5.74, 6) is -0.568. The molecule has 0 bridgehead atoms. The van der Waals surface area contributed by atoms with Gasteiger partial charge in [-0.05, 0) is 24.6 Å². The zero-order chi connectivity index (χ0) is 23.9. The molecule has 1 saturated heterocycles. The van der Waals surface area contributed by atoms with Gasteiger partial charge in [-0.2, -0.15) is 4.31 Å². The summed E-state index contributed by atoms with van der Waals surface area (Å²) in [7, 11) is -3.54. The number of anilines is 2. The van der Waals surface area contributed by atoms with E-state index in [0.29, 0.717) is 32.2 Å². The fourth-order valence-electron chi connectivity index (χ4n) is 3.91. The third-order valence-electron chi connectivity index (χ3n) is 5.40. The van der Waals surface area contributed by atoms with Crippen LogP contribution in [0.4, 0.5) is 15.9 Å². The standard InChI is InChI=1S/C20H22FN5O5S2/c1-10-16-19(23-9-24-20(16)32-17(10)18(22)28)25-14-4-3-11(21)5-15(14)31-13-6-12(8-27)26(7-13)33(2,29)30/h3-5,9,12-13,27H,6-8H2,1-2H3,(H2,22,28)(H,23,24,25). The summed E-state index contributed by atoms with van der Waals surface area (Å²) in [6.07, 6.45) is 2.07. The van der Waals surface area contributed by atoms with Crippen molar-refractivity contribution in [3.63, 3.8) is 0 Å². The Morgan fingerprint density at radius 1 is 1.42 bits per heavy atom. The molecule has 4 N–H and O–H groups in total. The van der Waals surface area contributed by atoms with E-state index in [2.05, 4.69) is 15.3 Å². The average Bonchev–Trinajstić information content (AvgIpc) is 3.31. The zero-order valence-corrected chi connectivity index (χ0v) is 19.4. The number of nitrogens with zero attached hydrogens (tertiary/aromatic N) is 3. The van der Waals surface area contributed by atoms with Crippen LogP contribution >= 0.6 is 11.3 Å². The summed E-state index contributed by atoms with van der Waals surface area (Å²) in [5.41, 5.74) is 6.47. The fourth-order valence-corrected chi connectivity index (χ4v) is 6.04. The number of nitrogens with two attached hydrogens (primary N) is 1. The highest BCUT2D eigenvalue weighted by Gasteiger charge is 2.38. The van der Waals surface area contributed by atoms with E-state index in [1.54, 1.807) is 6.92 Å². The van der Waals surface area contributed by atoms with Crippen molar-refractivity contribution in [3.05, 3.63) is 40.8 Å². The van der Waals surface area contributed by atoms with Crippen LogP contribution in [0.15, 0.2) is 24.5 Å². The largest absolute Gasteiger partial charge is 0.487 e. The number of carbonyl (C=O) groups is 1. The van der Waals surface area contributed by atoms with Gasteiger partial charge in [-0.15, -0.1) is 11.3 Å². The predicted molar refractivity (Wildman–Crippen MR) is 122 cm³/mol. The van der Waals surface area contributed by atoms with Gasteiger partial charge >= 0.3 is 0 Å². The number of ether oxygens (including phenoxy) is 1. The lowest BCUT2D eigenvalue weighted by molar-refractivity contribution is 0.100. The maximum absolute atomic E-state index is 14.0. The van der Waals surface area contributed by atoms with Crippen LogP contribution in [-0.4, -0.2) is 65.3 Å². The topological polar surface area (TPSA) is 148 Å². The highest BCUT2D eigenvalue weighted by Crippen LogP contribution is 2.37. The number of carbonyl (C=O) groups excluding carboxylic acids is 1. The Hall–Kier alpha value is -2.87. The molecule has 0 spiro atoms. The SMILES string of the molecule is Cc1c(C(N)=O)sc2ncnc(Nc3ccc(F)cc3OC3CC(CO)N(S(C)(=O)=O)C3)c12. The second-order valence-electron chi connectivity index (χ2n) is 7.73. The first-order valence-electron chi connectivity index (χ1n) is 9.93. The summed E-state index contributed by atoms with van der Waals surface area (Å²) in [5, 5.41) is 13.3. The van der Waals surface area contributed by atoms with Crippen LogP contribution in [0, 0.1) is 12.7 Å². The third-order valence-corrected chi connectivity index (χ3v) is 7.92. The van der Waals surface area contributed by atoms with E-state index in [1.807, 2.05) is 0 Å². The Morgan fingerprint density at radius 3 is 2.82 bits per heavy atom. The number of rotatable bonds is 7. The fraction of sp³-hybridized carbons (Fsp3) is 0.350. The predicted octanol–water partition coefficient (Wildman–Crippen LogP) is 1.75. The second-order valence-corrected chi connectivity index (χ2v) is 10.7. The lowest BCUT2D eigenvalue weighted by atomic mass is 10.2. The first kappa shape index (κ1) is 23.3. The van der Waals surface area contributed by atoms with Crippen LogP contribution in [0.2, 0.25) is 0 Å². The number of fused-ring (bicyclic) bond motifs is 1. The normalized spacial score (nSPS) is 19.2. The number of hydrogen-bond acceptors (Lipinski definition) is 9. The molecule has 0 aliphatic carbocycles. The van der Waals surface area contributed by atoms with E-state index in [9.17, 15) is 22.7 Å². The lowest BCUT2D eigenvalue weighted by Gasteiger charge is -2.19. The second kappa shape index (κ2) is 8.82. The number of nitrogens with one attached hydrogen (secondary N) is 1. The molecule has 0 radical (unpaired) electrons. The minimum absolute atomic E-state index is 0.0311. The van der Waals surface area contributed by atoms with Gasteiger partial charge in [0, 0.05) is 12.5 Å². The lowest BCUT2D eigenvalue weighted by Crippen LogP contribution is -2.37. The number of aliphatic hydroxyl groups excluding tert-OH is 1. The van der Waals surface area contributed by atoms with E-state index >= 15 is 0 Å². The molecule has 3 heterocycles. The van der Waals surface area contributed by atoms with E-state index < -0.39 is 33.9 Å². The number of aliphatic hydroxyl groups is 1. The molecule has 2 aromatic heterocycles. The highest BCUT2D eigenvalue weighted by atomic mass is 32.2. The number of halogens is 1. The van der Waals surface area contributed by atoms with Gasteiger partial charge in [-0.3, -0.25) is 4.79 Å². The molecule has 33 heavy (non-hydrogen) atoms. The van der Waals surface area contributed by atoms with Gasteiger partial charge in [0.25, 0.3) is 5.91 Å².